The van der Waals surface area contributed by atoms with Gasteiger partial charge in [0, 0.05) is 13.1 Å². The van der Waals surface area contributed by atoms with Crippen molar-refractivity contribution in [2.24, 2.45) is 17.3 Å². The molecule has 5 nitrogen and oxygen atoms in total. The number of nitrogens with one attached hydrogen (secondary N) is 2. The van der Waals surface area contributed by atoms with Crippen LogP contribution in [-0.4, -0.2) is 30.2 Å². The highest BCUT2D eigenvalue weighted by atomic mass is 16.4. The van der Waals surface area contributed by atoms with Crippen LogP contribution in [0.25, 0.3) is 0 Å². The van der Waals surface area contributed by atoms with Gasteiger partial charge >= 0.3 is 12.0 Å². The van der Waals surface area contributed by atoms with Crippen molar-refractivity contribution >= 4 is 12.0 Å². The number of aliphatic carboxylic acids is 1. The summed E-state index contributed by atoms with van der Waals surface area (Å²) in [4.78, 5) is 23.2. The number of urea groups is 1. The molecule has 0 spiro atoms. The lowest BCUT2D eigenvalue weighted by atomic mass is 9.82. The van der Waals surface area contributed by atoms with E-state index in [1.807, 2.05) is 13.8 Å². The topological polar surface area (TPSA) is 78.4 Å². The van der Waals surface area contributed by atoms with Crippen molar-refractivity contribution in [3.8, 4) is 0 Å². The molecule has 0 aliphatic heterocycles. The van der Waals surface area contributed by atoms with Gasteiger partial charge in [-0.2, -0.15) is 0 Å². The highest BCUT2D eigenvalue weighted by Crippen LogP contribution is 2.28. The molecule has 5 heteroatoms. The monoisotopic (exact) mass is 298 g/mol. The van der Waals surface area contributed by atoms with Gasteiger partial charge in [0.25, 0.3) is 0 Å². The molecule has 0 unspecified atom stereocenters. The fourth-order valence-corrected chi connectivity index (χ4v) is 2.96. The van der Waals surface area contributed by atoms with Gasteiger partial charge < -0.3 is 15.7 Å². The van der Waals surface area contributed by atoms with E-state index in [2.05, 4.69) is 17.6 Å². The molecular formula is C16H30N2O3. The van der Waals surface area contributed by atoms with Gasteiger partial charge in [0.2, 0.25) is 0 Å². The molecule has 1 fully saturated rings. The Balaban J connectivity index is 2.31. The molecule has 0 heterocycles. The van der Waals surface area contributed by atoms with Crippen LogP contribution >= 0.6 is 0 Å². The molecule has 0 bridgehead atoms. The van der Waals surface area contributed by atoms with E-state index in [4.69, 9.17) is 0 Å². The van der Waals surface area contributed by atoms with Crippen molar-refractivity contribution in [2.45, 2.75) is 59.3 Å². The van der Waals surface area contributed by atoms with Crippen molar-refractivity contribution in [1.29, 1.82) is 0 Å². The Hall–Kier alpha value is -1.26. The quantitative estimate of drug-likeness (QED) is 0.676. The number of amides is 2. The zero-order valence-corrected chi connectivity index (χ0v) is 13.6. The van der Waals surface area contributed by atoms with E-state index in [1.165, 1.54) is 25.7 Å². The molecule has 3 N–H and O–H groups in total. The zero-order chi connectivity index (χ0) is 15.9. The Morgan fingerprint density at radius 1 is 1.10 bits per heavy atom. The maximum Gasteiger partial charge on any atom is 0.314 e. The SMILES string of the molecule is CCC(CC)(CNC(=O)NCC1CCC(C)CC1)C(=O)O. The minimum absolute atomic E-state index is 0.183. The second-order valence-corrected chi connectivity index (χ2v) is 6.48. The summed E-state index contributed by atoms with van der Waals surface area (Å²) in [6.07, 6.45) is 5.84. The molecule has 122 valence electrons. The first-order valence-electron chi connectivity index (χ1n) is 8.18. The van der Waals surface area contributed by atoms with Crippen LogP contribution in [0, 0.1) is 17.3 Å². The molecule has 1 rings (SSSR count). The van der Waals surface area contributed by atoms with E-state index in [1.54, 1.807) is 0 Å². The third kappa shape index (κ3) is 5.21. The molecule has 1 aliphatic rings. The fourth-order valence-electron chi connectivity index (χ4n) is 2.96. The van der Waals surface area contributed by atoms with Gasteiger partial charge in [0.05, 0.1) is 5.41 Å². The lowest BCUT2D eigenvalue weighted by molar-refractivity contribution is -0.149. The van der Waals surface area contributed by atoms with E-state index in [0.717, 1.165) is 5.92 Å². The van der Waals surface area contributed by atoms with E-state index in [0.29, 0.717) is 25.3 Å². The normalized spacial score (nSPS) is 22.6. The van der Waals surface area contributed by atoms with Gasteiger partial charge in [-0.25, -0.2) is 4.79 Å². The molecule has 0 aromatic rings. The number of carboxylic acid groups (broad SMARTS) is 1. The lowest BCUT2D eigenvalue weighted by Crippen LogP contribution is -2.46. The molecule has 0 saturated heterocycles. The standard InChI is InChI=1S/C16H30N2O3/c1-4-16(5-2,14(19)20)11-18-15(21)17-10-13-8-6-12(3)7-9-13/h12-13H,4-11H2,1-3H3,(H,19,20)(H2,17,18,21). The first-order valence-corrected chi connectivity index (χ1v) is 8.18. The van der Waals surface area contributed by atoms with Gasteiger partial charge in [0.1, 0.15) is 0 Å². The average Bonchev–Trinajstić information content (AvgIpc) is 2.48. The lowest BCUT2D eigenvalue weighted by Gasteiger charge is -2.28. The first kappa shape index (κ1) is 17.8. The van der Waals surface area contributed by atoms with E-state index >= 15 is 0 Å². The summed E-state index contributed by atoms with van der Waals surface area (Å²) in [5, 5.41) is 14.9. The Labute approximate surface area is 127 Å². The third-order valence-electron chi connectivity index (χ3n) is 5.08. The molecular weight excluding hydrogens is 268 g/mol. The predicted octanol–water partition coefficient (Wildman–Crippen LogP) is 3.00. The molecule has 1 aliphatic carbocycles. The maximum absolute atomic E-state index is 11.8. The van der Waals surface area contributed by atoms with E-state index < -0.39 is 11.4 Å². The number of hydrogen-bond donors (Lipinski definition) is 3. The Bertz CT molecular complexity index is 345. The number of carboxylic acids is 1. The van der Waals surface area contributed by atoms with Crippen LogP contribution in [0.3, 0.4) is 0 Å². The molecule has 1 saturated carbocycles. The highest BCUT2D eigenvalue weighted by Gasteiger charge is 2.35. The summed E-state index contributed by atoms with van der Waals surface area (Å²) < 4.78 is 0. The minimum atomic E-state index is -0.850. The van der Waals surface area contributed by atoms with Gasteiger partial charge in [-0.15, -0.1) is 0 Å². The van der Waals surface area contributed by atoms with Crippen LogP contribution < -0.4 is 10.6 Å². The van der Waals surface area contributed by atoms with Crippen molar-refractivity contribution in [3.05, 3.63) is 0 Å². The molecule has 2 amide bonds. The molecule has 0 aromatic carbocycles. The summed E-state index contributed by atoms with van der Waals surface area (Å²) in [5.74, 6) is 0.531. The largest absolute Gasteiger partial charge is 0.481 e. The van der Waals surface area contributed by atoms with Gasteiger partial charge in [-0.05, 0) is 37.5 Å². The van der Waals surface area contributed by atoms with Crippen molar-refractivity contribution < 1.29 is 14.7 Å². The smallest absolute Gasteiger partial charge is 0.314 e. The van der Waals surface area contributed by atoms with Crippen molar-refractivity contribution in [2.75, 3.05) is 13.1 Å². The average molecular weight is 298 g/mol. The van der Waals surface area contributed by atoms with Gasteiger partial charge in [-0.3, -0.25) is 4.79 Å². The Kier molecular flexibility index (Phi) is 6.99. The number of rotatable bonds is 7. The highest BCUT2D eigenvalue weighted by molar-refractivity contribution is 5.78. The summed E-state index contributed by atoms with van der Waals surface area (Å²) in [7, 11) is 0. The van der Waals surface area contributed by atoms with E-state index in [9.17, 15) is 14.7 Å². The van der Waals surface area contributed by atoms with Crippen LogP contribution in [0.1, 0.15) is 59.3 Å². The van der Waals surface area contributed by atoms with Crippen LogP contribution in [0.4, 0.5) is 4.79 Å². The third-order valence-corrected chi connectivity index (χ3v) is 5.08. The van der Waals surface area contributed by atoms with Crippen molar-refractivity contribution in [3.63, 3.8) is 0 Å². The summed E-state index contributed by atoms with van der Waals surface area (Å²) in [6.45, 7) is 6.85. The van der Waals surface area contributed by atoms with Gasteiger partial charge in [-0.1, -0.05) is 33.6 Å². The summed E-state index contributed by atoms with van der Waals surface area (Å²) >= 11 is 0. The summed E-state index contributed by atoms with van der Waals surface area (Å²) in [6, 6.07) is -0.249. The van der Waals surface area contributed by atoms with E-state index in [-0.39, 0.29) is 12.6 Å². The molecule has 0 aromatic heterocycles. The number of carbonyl (C=O) groups excluding carboxylic acids is 1. The fraction of sp³-hybridized carbons (Fsp3) is 0.875. The summed E-state index contributed by atoms with van der Waals surface area (Å²) in [5.41, 5.74) is -0.850. The second kappa shape index (κ2) is 8.25. The minimum Gasteiger partial charge on any atom is -0.481 e. The molecule has 0 radical (unpaired) electrons. The van der Waals surface area contributed by atoms with Crippen LogP contribution in [-0.2, 0) is 4.79 Å². The predicted molar refractivity (Wildman–Crippen MR) is 83.2 cm³/mol. The van der Waals surface area contributed by atoms with Crippen LogP contribution in [0.5, 0.6) is 0 Å². The Morgan fingerprint density at radius 3 is 2.14 bits per heavy atom. The maximum atomic E-state index is 11.8. The second-order valence-electron chi connectivity index (χ2n) is 6.48. The first-order chi connectivity index (χ1) is 9.93. The number of carbonyl (C=O) groups is 2. The molecule has 21 heavy (non-hydrogen) atoms. The molecule has 0 atom stereocenters. The zero-order valence-electron chi connectivity index (χ0n) is 13.6. The van der Waals surface area contributed by atoms with Crippen molar-refractivity contribution in [1.82, 2.24) is 10.6 Å². The van der Waals surface area contributed by atoms with Crippen LogP contribution in [0.15, 0.2) is 0 Å². The number of hydrogen-bond acceptors (Lipinski definition) is 2. The van der Waals surface area contributed by atoms with Crippen LogP contribution in [0.2, 0.25) is 0 Å². The Morgan fingerprint density at radius 2 is 1.67 bits per heavy atom. The van der Waals surface area contributed by atoms with Gasteiger partial charge in [0.15, 0.2) is 0 Å².